The summed E-state index contributed by atoms with van der Waals surface area (Å²) in [7, 11) is 2.67. The van der Waals surface area contributed by atoms with Crippen molar-refractivity contribution in [2.75, 3.05) is 20.5 Å². The van der Waals surface area contributed by atoms with E-state index >= 15 is 0 Å². The van der Waals surface area contributed by atoms with E-state index in [2.05, 4.69) is 9.73 Å². The van der Waals surface area contributed by atoms with Crippen LogP contribution in [0.3, 0.4) is 0 Å². The molecule has 0 atom stereocenters. The van der Waals surface area contributed by atoms with Crippen LogP contribution in [0.5, 0.6) is 11.5 Å². The number of hydrogen-bond donors (Lipinski definition) is 2. The zero-order valence-corrected chi connectivity index (χ0v) is 11.6. The lowest BCUT2D eigenvalue weighted by molar-refractivity contribution is 0.183. The zero-order chi connectivity index (χ0) is 14.4. The van der Waals surface area contributed by atoms with Crippen molar-refractivity contribution in [3.8, 4) is 11.5 Å². The van der Waals surface area contributed by atoms with E-state index in [0.717, 1.165) is 11.8 Å². The largest absolute Gasteiger partial charge is 0.508 e. The van der Waals surface area contributed by atoms with Crippen LogP contribution in [0, 0.1) is 5.41 Å². The molecule has 1 rings (SSSR count). The lowest BCUT2D eigenvalue weighted by Crippen LogP contribution is -2.13. The van der Waals surface area contributed by atoms with E-state index in [-0.39, 0.29) is 16.5 Å². The Bertz CT molecular complexity index is 528. The molecule has 0 spiro atoms. The van der Waals surface area contributed by atoms with Crippen LogP contribution in [-0.2, 0) is 4.74 Å². The standard InChI is InChI=1S/C12H14N2O4S/c1-17-9-5-7(4-8(15)6-9)10(13)11(19-3)14-12(16)18-2/h4-6,13,15H,1-3H3. The SMILES string of the molecule is COC(=O)N=C(SC)C(=N)c1cc(O)cc(OC)c1. The number of ether oxygens (including phenoxy) is 2. The summed E-state index contributed by atoms with van der Waals surface area (Å²) in [5.74, 6) is 0.385. The molecule has 0 aliphatic rings. The quantitative estimate of drug-likeness (QED) is 0.655. The van der Waals surface area contributed by atoms with Crippen molar-refractivity contribution >= 4 is 28.6 Å². The van der Waals surface area contributed by atoms with Crippen molar-refractivity contribution in [1.82, 2.24) is 0 Å². The van der Waals surface area contributed by atoms with Gasteiger partial charge in [-0.1, -0.05) is 0 Å². The van der Waals surface area contributed by atoms with E-state index in [0.29, 0.717) is 11.3 Å². The van der Waals surface area contributed by atoms with Crippen LogP contribution in [0.15, 0.2) is 23.2 Å². The molecule has 0 aliphatic heterocycles. The number of aliphatic imine (C=N–C) groups is 1. The molecule has 0 heterocycles. The molecule has 0 bridgehead atoms. The molecule has 19 heavy (non-hydrogen) atoms. The Morgan fingerprint density at radius 2 is 2.05 bits per heavy atom. The second kappa shape index (κ2) is 6.79. The van der Waals surface area contributed by atoms with Crippen LogP contribution < -0.4 is 4.74 Å². The van der Waals surface area contributed by atoms with E-state index < -0.39 is 6.09 Å². The lowest BCUT2D eigenvalue weighted by Gasteiger charge is -2.08. The number of rotatable bonds is 3. The molecule has 1 aromatic rings. The minimum atomic E-state index is -0.777. The van der Waals surface area contributed by atoms with E-state index in [4.69, 9.17) is 10.1 Å². The van der Waals surface area contributed by atoms with Crippen LogP contribution in [0.25, 0.3) is 0 Å². The maximum absolute atomic E-state index is 11.1. The average molecular weight is 282 g/mol. The molecule has 0 aromatic heterocycles. The van der Waals surface area contributed by atoms with Gasteiger partial charge in [0.15, 0.2) is 0 Å². The zero-order valence-electron chi connectivity index (χ0n) is 10.8. The van der Waals surface area contributed by atoms with E-state index in [1.807, 2.05) is 0 Å². The molecule has 6 nitrogen and oxygen atoms in total. The van der Waals surface area contributed by atoms with Crippen molar-refractivity contribution in [2.24, 2.45) is 4.99 Å². The number of nitrogens with one attached hydrogen (secondary N) is 1. The number of nitrogens with zero attached hydrogens (tertiary/aromatic N) is 1. The molecule has 0 saturated carbocycles. The molecule has 1 amide bonds. The highest BCUT2D eigenvalue weighted by Gasteiger charge is 2.13. The second-order valence-electron chi connectivity index (χ2n) is 3.39. The molecular formula is C12H14N2O4S. The first-order chi connectivity index (χ1) is 9.01. The van der Waals surface area contributed by atoms with Crippen LogP contribution in [-0.4, -0.2) is 42.4 Å². The van der Waals surface area contributed by atoms with Gasteiger partial charge in [-0.15, -0.1) is 11.8 Å². The number of benzene rings is 1. The molecule has 0 fully saturated rings. The Balaban J connectivity index is 3.14. The highest BCUT2D eigenvalue weighted by molar-refractivity contribution is 8.15. The summed E-state index contributed by atoms with van der Waals surface area (Å²) >= 11 is 1.14. The van der Waals surface area contributed by atoms with Crippen molar-refractivity contribution in [1.29, 1.82) is 5.41 Å². The number of amides is 1. The molecule has 0 saturated heterocycles. The van der Waals surface area contributed by atoms with Gasteiger partial charge in [0.25, 0.3) is 0 Å². The van der Waals surface area contributed by atoms with Gasteiger partial charge >= 0.3 is 6.09 Å². The molecule has 0 aliphatic carbocycles. The van der Waals surface area contributed by atoms with E-state index in [1.54, 1.807) is 12.3 Å². The normalized spacial score (nSPS) is 11.0. The number of phenolic OH excluding ortho intramolecular Hbond substituents is 1. The summed E-state index contributed by atoms with van der Waals surface area (Å²) in [5.41, 5.74) is 0.404. The molecule has 1 aromatic carbocycles. The predicted molar refractivity (Wildman–Crippen MR) is 74.8 cm³/mol. The summed E-state index contributed by atoms with van der Waals surface area (Å²) < 4.78 is 9.43. The van der Waals surface area contributed by atoms with Gasteiger partial charge < -0.3 is 14.6 Å². The van der Waals surface area contributed by atoms with Gasteiger partial charge in [-0.3, -0.25) is 5.41 Å². The van der Waals surface area contributed by atoms with Gasteiger partial charge in [-0.05, 0) is 18.4 Å². The first-order valence-electron chi connectivity index (χ1n) is 5.19. The summed E-state index contributed by atoms with van der Waals surface area (Å²) in [6.45, 7) is 0. The first-order valence-corrected chi connectivity index (χ1v) is 6.42. The first kappa shape index (κ1) is 15.0. The monoisotopic (exact) mass is 282 g/mol. The van der Waals surface area contributed by atoms with E-state index in [1.165, 1.54) is 26.4 Å². The molecular weight excluding hydrogens is 268 g/mol. The molecule has 7 heteroatoms. The third kappa shape index (κ3) is 3.99. The van der Waals surface area contributed by atoms with Gasteiger partial charge in [0.2, 0.25) is 0 Å². The molecule has 102 valence electrons. The van der Waals surface area contributed by atoms with Crippen LogP contribution >= 0.6 is 11.8 Å². The summed E-state index contributed by atoms with van der Waals surface area (Å²) in [5, 5.41) is 17.7. The summed E-state index contributed by atoms with van der Waals surface area (Å²) in [6, 6.07) is 4.39. The maximum atomic E-state index is 11.1. The van der Waals surface area contributed by atoms with Gasteiger partial charge in [0.05, 0.1) is 19.9 Å². The van der Waals surface area contributed by atoms with Gasteiger partial charge in [-0.25, -0.2) is 4.79 Å². The van der Waals surface area contributed by atoms with Gasteiger partial charge in [0, 0.05) is 11.6 Å². The van der Waals surface area contributed by atoms with Gasteiger partial charge in [-0.2, -0.15) is 4.99 Å². The fourth-order valence-electron chi connectivity index (χ4n) is 1.30. The second-order valence-corrected chi connectivity index (χ2v) is 4.18. The lowest BCUT2D eigenvalue weighted by atomic mass is 10.1. The number of aromatic hydroxyl groups is 1. The Labute approximate surface area is 115 Å². The minimum Gasteiger partial charge on any atom is -0.508 e. The van der Waals surface area contributed by atoms with Crippen LogP contribution in [0.1, 0.15) is 5.56 Å². The minimum absolute atomic E-state index is 0.00657. The third-order valence-electron chi connectivity index (χ3n) is 2.19. The van der Waals surface area contributed by atoms with E-state index in [9.17, 15) is 9.90 Å². The van der Waals surface area contributed by atoms with Crippen LogP contribution in [0.4, 0.5) is 4.79 Å². The Morgan fingerprint density at radius 1 is 1.37 bits per heavy atom. The van der Waals surface area contributed by atoms with Crippen molar-refractivity contribution < 1.29 is 19.4 Å². The molecule has 0 radical (unpaired) electrons. The average Bonchev–Trinajstić information content (AvgIpc) is 2.42. The Kier molecular flexibility index (Phi) is 5.37. The predicted octanol–water partition coefficient (Wildman–Crippen LogP) is 2.30. The number of carbonyl (C=O) groups is 1. The Hall–Kier alpha value is -2.02. The smallest absolute Gasteiger partial charge is 0.434 e. The van der Waals surface area contributed by atoms with Crippen molar-refractivity contribution in [3.05, 3.63) is 23.8 Å². The highest BCUT2D eigenvalue weighted by Crippen LogP contribution is 2.23. The van der Waals surface area contributed by atoms with Crippen molar-refractivity contribution in [3.63, 3.8) is 0 Å². The number of phenols is 1. The van der Waals surface area contributed by atoms with Crippen LogP contribution in [0.2, 0.25) is 0 Å². The highest BCUT2D eigenvalue weighted by atomic mass is 32.2. The number of thioether (sulfide) groups is 1. The maximum Gasteiger partial charge on any atom is 0.434 e. The topological polar surface area (TPSA) is 92.0 Å². The molecule has 0 unspecified atom stereocenters. The van der Waals surface area contributed by atoms with Crippen molar-refractivity contribution in [2.45, 2.75) is 0 Å². The summed E-state index contributed by atoms with van der Waals surface area (Å²) in [6.07, 6.45) is 0.914. The fourth-order valence-corrected chi connectivity index (χ4v) is 1.79. The fraction of sp³-hybridized carbons (Fsp3) is 0.250. The summed E-state index contributed by atoms with van der Waals surface area (Å²) in [4.78, 5) is 14.8. The third-order valence-corrected chi connectivity index (χ3v) is 2.87. The van der Waals surface area contributed by atoms with Gasteiger partial charge in [0.1, 0.15) is 16.5 Å². The number of hydrogen-bond acceptors (Lipinski definition) is 6. The Morgan fingerprint density at radius 3 is 2.58 bits per heavy atom. The number of methoxy groups -OCH3 is 2. The molecule has 2 N–H and O–H groups in total. The number of carbonyl (C=O) groups excluding carboxylic acids is 1.